The molecule has 0 aliphatic carbocycles. The maximum absolute atomic E-state index is 13.4. The van der Waals surface area contributed by atoms with Crippen LogP contribution in [0.15, 0.2) is 42.5 Å². The summed E-state index contributed by atoms with van der Waals surface area (Å²) >= 11 is 12.3. The van der Waals surface area contributed by atoms with Crippen LogP contribution in [-0.4, -0.2) is 50.0 Å². The minimum absolute atomic E-state index is 0.0396. The largest absolute Gasteiger partial charge is 0.352 e. The second-order valence-electron chi connectivity index (χ2n) is 9.13. The van der Waals surface area contributed by atoms with Crippen LogP contribution >= 0.6 is 23.2 Å². The van der Waals surface area contributed by atoms with Crippen molar-refractivity contribution in [1.82, 2.24) is 10.2 Å². The van der Waals surface area contributed by atoms with Crippen molar-refractivity contribution in [2.75, 3.05) is 17.1 Å². The Morgan fingerprint density at radius 3 is 2.36 bits per heavy atom. The Bertz CT molecular complexity index is 1170. The quantitative estimate of drug-likeness (QED) is 0.391. The maximum Gasteiger partial charge on any atom is 0.243 e. The summed E-state index contributed by atoms with van der Waals surface area (Å²) in [7, 11) is -3.68. The molecule has 0 aliphatic heterocycles. The molecule has 0 bridgehead atoms. The second kappa shape index (κ2) is 13.3. The average Bonchev–Trinajstić information content (AvgIpc) is 2.77. The first-order valence-electron chi connectivity index (χ1n) is 11.9. The monoisotopic (exact) mass is 555 g/mol. The van der Waals surface area contributed by atoms with Crippen molar-refractivity contribution in [1.29, 1.82) is 0 Å². The molecule has 1 N–H and O–H groups in total. The smallest absolute Gasteiger partial charge is 0.243 e. The van der Waals surface area contributed by atoms with Crippen molar-refractivity contribution < 1.29 is 18.0 Å². The van der Waals surface area contributed by atoms with Crippen LogP contribution in [0.25, 0.3) is 0 Å². The normalized spacial score (nSPS) is 12.3. The first-order chi connectivity index (χ1) is 16.8. The number of amides is 2. The Morgan fingerprint density at radius 2 is 1.78 bits per heavy atom. The molecule has 10 heteroatoms. The highest BCUT2D eigenvalue weighted by molar-refractivity contribution is 7.92. The van der Waals surface area contributed by atoms with Crippen LogP contribution in [0.2, 0.25) is 10.0 Å². The van der Waals surface area contributed by atoms with Gasteiger partial charge in [-0.25, -0.2) is 8.42 Å². The Labute approximate surface area is 224 Å². The first-order valence-corrected chi connectivity index (χ1v) is 14.5. The second-order valence-corrected chi connectivity index (χ2v) is 11.9. The highest BCUT2D eigenvalue weighted by Crippen LogP contribution is 2.31. The van der Waals surface area contributed by atoms with Gasteiger partial charge in [-0.3, -0.25) is 13.9 Å². The highest BCUT2D eigenvalue weighted by Gasteiger charge is 2.29. The van der Waals surface area contributed by atoms with Gasteiger partial charge >= 0.3 is 0 Å². The molecule has 0 saturated carbocycles. The molecular formula is C26H35Cl2N3O4S. The Morgan fingerprint density at radius 1 is 1.08 bits per heavy atom. The molecule has 2 rings (SSSR count). The molecular weight excluding hydrogens is 521 g/mol. The Kier molecular flexibility index (Phi) is 11.1. The summed E-state index contributed by atoms with van der Waals surface area (Å²) < 4.78 is 26.2. The fourth-order valence-electron chi connectivity index (χ4n) is 3.97. The summed E-state index contributed by atoms with van der Waals surface area (Å²) in [6.45, 7) is 7.90. The van der Waals surface area contributed by atoms with Crippen LogP contribution in [0.3, 0.4) is 0 Å². The standard InChI is InChI=1S/C26H35Cl2N3O4S/c1-6-23(26(33)29-18(2)3)30(17-20-10-7-9-19(4)15-20)25(32)11-8-14-31(36(5,34)35)24-16-21(27)12-13-22(24)28/h7,9-10,12-13,15-16,18,23H,6,8,11,14,17H2,1-5H3,(H,29,33)/t23-/m1/s1. The minimum atomic E-state index is -3.68. The van der Waals surface area contributed by atoms with Crippen molar-refractivity contribution in [2.45, 2.75) is 65.6 Å². The molecule has 2 amide bonds. The molecule has 198 valence electrons. The Balaban J connectivity index is 2.25. The summed E-state index contributed by atoms with van der Waals surface area (Å²) in [4.78, 5) is 28.0. The van der Waals surface area contributed by atoms with E-state index in [4.69, 9.17) is 23.2 Å². The number of aryl methyl sites for hydroxylation is 1. The summed E-state index contributed by atoms with van der Waals surface area (Å²) in [5.74, 6) is -0.440. The summed E-state index contributed by atoms with van der Waals surface area (Å²) in [5, 5.41) is 3.50. The number of carbonyl (C=O) groups excluding carboxylic acids is 2. The van der Waals surface area contributed by atoms with E-state index in [-0.39, 0.29) is 54.5 Å². The number of carbonyl (C=O) groups is 2. The fraction of sp³-hybridized carbons (Fsp3) is 0.462. The van der Waals surface area contributed by atoms with Gasteiger partial charge in [-0.1, -0.05) is 60.0 Å². The molecule has 1 atom stereocenters. The predicted molar refractivity (Wildman–Crippen MR) is 147 cm³/mol. The molecule has 0 heterocycles. The van der Waals surface area contributed by atoms with Crippen LogP contribution < -0.4 is 9.62 Å². The molecule has 0 saturated heterocycles. The highest BCUT2D eigenvalue weighted by atomic mass is 35.5. The molecule has 0 unspecified atom stereocenters. The molecule has 2 aromatic carbocycles. The molecule has 0 fully saturated rings. The number of hydrogen-bond donors (Lipinski definition) is 1. The van der Waals surface area contributed by atoms with E-state index in [9.17, 15) is 18.0 Å². The van der Waals surface area contributed by atoms with E-state index in [0.717, 1.165) is 21.7 Å². The molecule has 7 nitrogen and oxygen atoms in total. The van der Waals surface area contributed by atoms with Crippen molar-refractivity contribution >= 4 is 50.7 Å². The summed E-state index contributed by atoms with van der Waals surface area (Å²) in [5.41, 5.74) is 2.24. The van der Waals surface area contributed by atoms with Gasteiger partial charge in [0.25, 0.3) is 0 Å². The van der Waals surface area contributed by atoms with Crippen LogP contribution in [0.5, 0.6) is 0 Å². The lowest BCUT2D eigenvalue weighted by Gasteiger charge is -2.31. The zero-order valence-electron chi connectivity index (χ0n) is 21.4. The first kappa shape index (κ1) is 29.9. The Hall–Kier alpha value is -2.29. The number of nitrogens with zero attached hydrogens (tertiary/aromatic N) is 2. The molecule has 0 aromatic heterocycles. The van der Waals surface area contributed by atoms with E-state index >= 15 is 0 Å². The topological polar surface area (TPSA) is 86.8 Å². The van der Waals surface area contributed by atoms with E-state index in [2.05, 4.69) is 5.32 Å². The number of benzene rings is 2. The lowest BCUT2D eigenvalue weighted by atomic mass is 10.1. The van der Waals surface area contributed by atoms with Crippen molar-refractivity contribution in [2.24, 2.45) is 0 Å². The van der Waals surface area contributed by atoms with Gasteiger partial charge in [0, 0.05) is 30.6 Å². The van der Waals surface area contributed by atoms with Gasteiger partial charge in [-0.05, 0) is 57.4 Å². The minimum Gasteiger partial charge on any atom is -0.352 e. The SMILES string of the molecule is CC[C@H](C(=O)NC(C)C)N(Cc1cccc(C)c1)C(=O)CCCN(c1cc(Cl)ccc1Cl)S(C)(=O)=O. The van der Waals surface area contributed by atoms with Gasteiger partial charge in [0.2, 0.25) is 21.8 Å². The molecule has 0 aliphatic rings. The molecule has 36 heavy (non-hydrogen) atoms. The van der Waals surface area contributed by atoms with E-state index in [1.54, 1.807) is 11.0 Å². The van der Waals surface area contributed by atoms with Crippen LogP contribution in [-0.2, 0) is 26.2 Å². The number of sulfonamides is 1. The third-order valence-corrected chi connectivity index (χ3v) is 7.32. The average molecular weight is 557 g/mol. The predicted octanol–water partition coefficient (Wildman–Crippen LogP) is 5.18. The van der Waals surface area contributed by atoms with Gasteiger partial charge in [-0.15, -0.1) is 0 Å². The number of hydrogen-bond acceptors (Lipinski definition) is 4. The summed E-state index contributed by atoms with van der Waals surface area (Å²) in [6, 6.07) is 11.7. The van der Waals surface area contributed by atoms with Gasteiger partial charge in [0.1, 0.15) is 6.04 Å². The van der Waals surface area contributed by atoms with Crippen LogP contribution in [0, 0.1) is 6.92 Å². The maximum atomic E-state index is 13.4. The molecule has 2 aromatic rings. The number of rotatable bonds is 12. The van der Waals surface area contributed by atoms with E-state index in [1.807, 2.05) is 52.0 Å². The summed E-state index contributed by atoms with van der Waals surface area (Å²) in [6.07, 6.45) is 1.83. The fourth-order valence-corrected chi connectivity index (χ4v) is 5.37. The van der Waals surface area contributed by atoms with Gasteiger partial charge in [0.05, 0.1) is 17.0 Å². The van der Waals surface area contributed by atoms with Crippen molar-refractivity contribution in [3.63, 3.8) is 0 Å². The number of halogens is 2. The number of anilines is 1. The lowest BCUT2D eigenvalue weighted by Crippen LogP contribution is -2.50. The number of nitrogens with one attached hydrogen (secondary N) is 1. The van der Waals surface area contributed by atoms with E-state index in [1.165, 1.54) is 12.1 Å². The zero-order valence-corrected chi connectivity index (χ0v) is 23.8. The molecule has 0 spiro atoms. The van der Waals surface area contributed by atoms with Gasteiger partial charge in [0.15, 0.2) is 0 Å². The van der Waals surface area contributed by atoms with Crippen LogP contribution in [0.4, 0.5) is 5.69 Å². The zero-order chi connectivity index (χ0) is 27.0. The third-order valence-electron chi connectivity index (χ3n) is 5.58. The molecule has 0 radical (unpaired) electrons. The third kappa shape index (κ3) is 8.68. The van der Waals surface area contributed by atoms with E-state index in [0.29, 0.717) is 11.4 Å². The lowest BCUT2D eigenvalue weighted by molar-refractivity contribution is -0.141. The van der Waals surface area contributed by atoms with Gasteiger partial charge in [-0.2, -0.15) is 0 Å². The van der Waals surface area contributed by atoms with Crippen molar-refractivity contribution in [3.8, 4) is 0 Å². The van der Waals surface area contributed by atoms with Crippen molar-refractivity contribution in [3.05, 3.63) is 63.6 Å². The van der Waals surface area contributed by atoms with Gasteiger partial charge < -0.3 is 10.2 Å². The van der Waals surface area contributed by atoms with Crippen LogP contribution in [0.1, 0.15) is 51.2 Å². The van der Waals surface area contributed by atoms with E-state index < -0.39 is 16.1 Å².